The Bertz CT molecular complexity index is 862. The number of nitro groups is 1. The van der Waals surface area contributed by atoms with Crippen molar-refractivity contribution in [3.8, 4) is 0 Å². The number of halogens is 1. The van der Waals surface area contributed by atoms with Crippen molar-refractivity contribution in [2.75, 3.05) is 6.54 Å². The lowest BCUT2D eigenvalue weighted by molar-refractivity contribution is -0.484. The van der Waals surface area contributed by atoms with Gasteiger partial charge in [0.25, 0.3) is 11.8 Å². The molecule has 0 saturated heterocycles. The van der Waals surface area contributed by atoms with E-state index >= 15 is 0 Å². The molecule has 1 heterocycles. The molecule has 132 valence electrons. The number of benzene rings is 2. The first-order valence-corrected chi connectivity index (χ1v) is 8.53. The lowest BCUT2D eigenvalue weighted by atomic mass is 9.91. The highest BCUT2D eigenvalue weighted by atomic mass is 79.9. The number of carbonyl (C=O) groups is 3. The molecule has 7 nitrogen and oxygen atoms in total. The SMILES string of the molecule is O=C[C@H]([C@H](C[N+](=O)[O-])c1ccc(Br)cc1)N1C(=O)c2ccccc2C1=O. The maximum atomic E-state index is 12.7. The van der Waals surface area contributed by atoms with Gasteiger partial charge in [-0.25, -0.2) is 0 Å². The molecule has 0 aliphatic carbocycles. The highest BCUT2D eigenvalue weighted by Crippen LogP contribution is 2.31. The Balaban J connectivity index is 2.03. The van der Waals surface area contributed by atoms with Crippen molar-refractivity contribution in [1.29, 1.82) is 0 Å². The molecule has 0 spiro atoms. The standard InChI is InChI=1S/C18H13BrN2O5/c19-12-7-5-11(6-8-12)15(9-20(25)26)16(10-22)21-17(23)13-3-1-2-4-14(13)18(21)24/h1-8,10,15-16H,9H2/t15-,16-/m1/s1. The summed E-state index contributed by atoms with van der Waals surface area (Å²) in [6.45, 7) is -0.585. The average Bonchev–Trinajstić information content (AvgIpc) is 2.87. The van der Waals surface area contributed by atoms with E-state index < -0.39 is 35.2 Å². The van der Waals surface area contributed by atoms with Gasteiger partial charge in [-0.15, -0.1) is 0 Å². The number of hydrogen-bond donors (Lipinski definition) is 0. The Labute approximate surface area is 156 Å². The van der Waals surface area contributed by atoms with Crippen LogP contribution in [-0.2, 0) is 4.79 Å². The summed E-state index contributed by atoms with van der Waals surface area (Å²) in [4.78, 5) is 48.6. The highest BCUT2D eigenvalue weighted by molar-refractivity contribution is 9.10. The maximum Gasteiger partial charge on any atom is 0.262 e. The minimum absolute atomic E-state index is 0.194. The third-order valence-corrected chi connectivity index (χ3v) is 4.85. The van der Waals surface area contributed by atoms with E-state index in [1.807, 2.05) is 0 Å². The molecule has 2 aromatic carbocycles. The summed E-state index contributed by atoms with van der Waals surface area (Å²) in [5.74, 6) is -2.18. The molecule has 0 aromatic heterocycles. The first-order valence-electron chi connectivity index (χ1n) is 7.73. The van der Waals surface area contributed by atoms with Crippen molar-refractivity contribution in [2.45, 2.75) is 12.0 Å². The van der Waals surface area contributed by atoms with Gasteiger partial charge in [0.15, 0.2) is 0 Å². The minimum Gasteiger partial charge on any atom is -0.301 e. The maximum absolute atomic E-state index is 12.7. The van der Waals surface area contributed by atoms with Crippen LogP contribution < -0.4 is 0 Å². The molecule has 8 heteroatoms. The summed E-state index contributed by atoms with van der Waals surface area (Å²) in [5, 5.41) is 11.2. The Morgan fingerprint density at radius 1 is 1.04 bits per heavy atom. The fourth-order valence-electron chi connectivity index (χ4n) is 3.10. The van der Waals surface area contributed by atoms with Crippen LogP contribution in [0.15, 0.2) is 53.0 Å². The zero-order chi connectivity index (χ0) is 18.8. The summed E-state index contributed by atoms with van der Waals surface area (Å²) in [6.07, 6.45) is 0.428. The molecule has 2 atom stereocenters. The largest absolute Gasteiger partial charge is 0.301 e. The highest BCUT2D eigenvalue weighted by Gasteiger charge is 2.44. The van der Waals surface area contributed by atoms with E-state index in [2.05, 4.69) is 15.9 Å². The van der Waals surface area contributed by atoms with Crippen molar-refractivity contribution in [2.24, 2.45) is 0 Å². The minimum atomic E-state index is -1.27. The van der Waals surface area contributed by atoms with Crippen molar-refractivity contribution in [3.05, 3.63) is 79.8 Å². The number of imide groups is 1. The van der Waals surface area contributed by atoms with Gasteiger partial charge in [-0.3, -0.25) is 24.6 Å². The predicted molar refractivity (Wildman–Crippen MR) is 95.5 cm³/mol. The van der Waals surface area contributed by atoms with Crippen LogP contribution in [0.5, 0.6) is 0 Å². The van der Waals surface area contributed by atoms with Gasteiger partial charge in [-0.1, -0.05) is 40.2 Å². The summed E-state index contributed by atoms with van der Waals surface area (Å²) in [5.41, 5.74) is 0.888. The predicted octanol–water partition coefficient (Wildman–Crippen LogP) is 2.67. The Morgan fingerprint density at radius 3 is 2.04 bits per heavy atom. The van der Waals surface area contributed by atoms with Gasteiger partial charge in [0.2, 0.25) is 6.54 Å². The van der Waals surface area contributed by atoms with Gasteiger partial charge in [0.1, 0.15) is 12.3 Å². The molecule has 2 aromatic rings. The first kappa shape index (κ1) is 17.9. The van der Waals surface area contributed by atoms with Gasteiger partial charge >= 0.3 is 0 Å². The van der Waals surface area contributed by atoms with Crippen molar-refractivity contribution >= 4 is 34.0 Å². The van der Waals surface area contributed by atoms with E-state index in [1.54, 1.807) is 36.4 Å². The molecule has 0 bridgehead atoms. The summed E-state index contributed by atoms with van der Waals surface area (Å²) < 4.78 is 0.768. The number of fused-ring (bicyclic) bond motifs is 1. The molecule has 0 fully saturated rings. The van der Waals surface area contributed by atoms with Gasteiger partial charge in [-0.05, 0) is 29.8 Å². The molecule has 3 rings (SSSR count). The number of aldehydes is 1. The van der Waals surface area contributed by atoms with Crippen molar-refractivity contribution in [1.82, 2.24) is 4.90 Å². The Hall–Kier alpha value is -2.87. The topological polar surface area (TPSA) is 97.6 Å². The second kappa shape index (κ2) is 7.17. The Kier molecular flexibility index (Phi) is 4.94. The Morgan fingerprint density at radius 2 is 1.58 bits per heavy atom. The fraction of sp³-hybridized carbons (Fsp3) is 0.167. The number of rotatable bonds is 6. The number of nitrogens with zero attached hydrogens (tertiary/aromatic N) is 2. The van der Waals surface area contributed by atoms with Gasteiger partial charge in [-0.2, -0.15) is 0 Å². The molecule has 0 radical (unpaired) electrons. The normalized spacial score (nSPS) is 15.5. The van der Waals surface area contributed by atoms with E-state index in [-0.39, 0.29) is 11.1 Å². The van der Waals surface area contributed by atoms with Crippen LogP contribution in [0.4, 0.5) is 0 Å². The number of amides is 2. The van der Waals surface area contributed by atoms with E-state index in [0.29, 0.717) is 11.8 Å². The molecule has 1 aliphatic heterocycles. The molecule has 2 amide bonds. The van der Waals surface area contributed by atoms with E-state index in [4.69, 9.17) is 0 Å². The molecule has 26 heavy (non-hydrogen) atoms. The summed E-state index contributed by atoms with van der Waals surface area (Å²) >= 11 is 3.28. The number of carbonyl (C=O) groups excluding carboxylic acids is 3. The summed E-state index contributed by atoms with van der Waals surface area (Å²) in [6, 6.07) is 11.6. The molecular weight excluding hydrogens is 404 g/mol. The first-order chi connectivity index (χ1) is 12.4. The average molecular weight is 417 g/mol. The second-order valence-corrected chi connectivity index (χ2v) is 6.74. The van der Waals surface area contributed by atoms with Crippen LogP contribution >= 0.6 is 15.9 Å². The molecule has 0 unspecified atom stereocenters. The van der Waals surface area contributed by atoms with E-state index in [9.17, 15) is 24.5 Å². The van der Waals surface area contributed by atoms with Gasteiger partial charge in [0, 0.05) is 9.40 Å². The van der Waals surface area contributed by atoms with E-state index in [1.165, 1.54) is 12.1 Å². The summed E-state index contributed by atoms with van der Waals surface area (Å²) in [7, 11) is 0. The van der Waals surface area contributed by atoms with Crippen LogP contribution in [-0.4, -0.2) is 40.5 Å². The van der Waals surface area contributed by atoms with Crippen molar-refractivity contribution in [3.63, 3.8) is 0 Å². The molecular formula is C18H13BrN2O5. The molecule has 0 N–H and O–H groups in total. The van der Waals surface area contributed by atoms with Crippen LogP contribution in [0.3, 0.4) is 0 Å². The zero-order valence-corrected chi connectivity index (χ0v) is 15.0. The number of hydrogen-bond acceptors (Lipinski definition) is 5. The van der Waals surface area contributed by atoms with Crippen LogP contribution in [0.2, 0.25) is 0 Å². The third-order valence-electron chi connectivity index (χ3n) is 4.32. The molecule has 1 aliphatic rings. The lowest BCUT2D eigenvalue weighted by Crippen LogP contribution is -2.46. The fourth-order valence-corrected chi connectivity index (χ4v) is 3.36. The van der Waals surface area contributed by atoms with Gasteiger partial charge < -0.3 is 4.79 Å². The van der Waals surface area contributed by atoms with Crippen molar-refractivity contribution < 1.29 is 19.3 Å². The quantitative estimate of drug-likeness (QED) is 0.312. The molecule has 0 saturated carbocycles. The van der Waals surface area contributed by atoms with Crippen LogP contribution in [0.1, 0.15) is 32.2 Å². The van der Waals surface area contributed by atoms with Crippen LogP contribution in [0, 0.1) is 10.1 Å². The second-order valence-electron chi connectivity index (χ2n) is 5.83. The van der Waals surface area contributed by atoms with Gasteiger partial charge in [0.05, 0.1) is 17.0 Å². The smallest absolute Gasteiger partial charge is 0.262 e. The zero-order valence-electron chi connectivity index (χ0n) is 13.4. The van der Waals surface area contributed by atoms with E-state index in [0.717, 1.165) is 9.37 Å². The third kappa shape index (κ3) is 3.15. The lowest BCUT2D eigenvalue weighted by Gasteiger charge is -2.27. The monoisotopic (exact) mass is 416 g/mol. The van der Waals surface area contributed by atoms with Crippen LogP contribution in [0.25, 0.3) is 0 Å².